The Morgan fingerprint density at radius 1 is 1.24 bits per heavy atom. The van der Waals surface area contributed by atoms with Crippen LogP contribution in [0.2, 0.25) is 5.02 Å². The average molecular weight is 312 g/mol. The molecule has 21 heavy (non-hydrogen) atoms. The fourth-order valence-corrected chi connectivity index (χ4v) is 3.65. The van der Waals surface area contributed by atoms with Gasteiger partial charge in [-0.15, -0.1) is 0 Å². The third-order valence-electron chi connectivity index (χ3n) is 4.48. The van der Waals surface area contributed by atoms with Crippen LogP contribution in [0.15, 0.2) is 18.2 Å². The van der Waals surface area contributed by atoms with Crippen molar-refractivity contribution in [1.29, 1.82) is 0 Å². The Morgan fingerprint density at radius 2 is 2.00 bits per heavy atom. The maximum absolute atomic E-state index is 13.6. The van der Waals surface area contributed by atoms with Gasteiger partial charge in [0.2, 0.25) is 0 Å². The van der Waals surface area contributed by atoms with Crippen molar-refractivity contribution in [2.75, 3.05) is 13.1 Å². The maximum Gasteiger partial charge on any atom is 0.123 e. The molecule has 3 heteroatoms. The lowest BCUT2D eigenvalue weighted by Crippen LogP contribution is -2.29. The highest BCUT2D eigenvalue weighted by molar-refractivity contribution is 6.31. The van der Waals surface area contributed by atoms with Crippen LogP contribution in [0.3, 0.4) is 0 Å². The first kappa shape index (κ1) is 16.8. The summed E-state index contributed by atoms with van der Waals surface area (Å²) in [6.07, 6.45) is 6.11. The van der Waals surface area contributed by atoms with Gasteiger partial charge >= 0.3 is 0 Å². The van der Waals surface area contributed by atoms with Crippen molar-refractivity contribution in [2.45, 2.75) is 51.9 Å². The molecule has 0 bridgehead atoms. The molecule has 0 aromatic heterocycles. The lowest BCUT2D eigenvalue weighted by Gasteiger charge is -2.27. The molecule has 0 heterocycles. The molecule has 2 atom stereocenters. The minimum Gasteiger partial charge on any atom is -0.316 e. The second-order valence-corrected chi connectivity index (χ2v) is 7.13. The van der Waals surface area contributed by atoms with Crippen LogP contribution in [0.4, 0.5) is 4.39 Å². The van der Waals surface area contributed by atoms with Crippen LogP contribution in [0.25, 0.3) is 0 Å². The topological polar surface area (TPSA) is 12.0 Å². The minimum absolute atomic E-state index is 0.174. The number of nitrogens with one attached hydrogen (secondary N) is 1. The molecule has 1 nitrogen and oxygen atoms in total. The van der Waals surface area contributed by atoms with Gasteiger partial charge in [0.15, 0.2) is 0 Å². The van der Waals surface area contributed by atoms with Gasteiger partial charge < -0.3 is 5.32 Å². The van der Waals surface area contributed by atoms with Crippen LogP contribution < -0.4 is 5.32 Å². The molecule has 1 aliphatic rings. The molecule has 0 spiro atoms. The Balaban J connectivity index is 2.13. The maximum atomic E-state index is 13.6. The standard InChI is InChI=1S/C18H27ClFN/c1-13(2)11-21-12-14-6-4-3-5-7-16(14)17-10-15(20)8-9-18(17)19/h8-10,13-14,16,21H,3-7,11-12H2,1-2H3. The Labute approximate surface area is 133 Å². The summed E-state index contributed by atoms with van der Waals surface area (Å²) in [6.45, 7) is 6.50. The van der Waals surface area contributed by atoms with Gasteiger partial charge in [0, 0.05) is 5.02 Å². The summed E-state index contributed by atoms with van der Waals surface area (Å²) >= 11 is 6.35. The van der Waals surface area contributed by atoms with Crippen molar-refractivity contribution in [3.05, 3.63) is 34.6 Å². The van der Waals surface area contributed by atoms with Gasteiger partial charge in [-0.2, -0.15) is 0 Å². The van der Waals surface area contributed by atoms with Crippen molar-refractivity contribution in [2.24, 2.45) is 11.8 Å². The molecule has 0 aliphatic heterocycles. The molecule has 0 amide bonds. The summed E-state index contributed by atoms with van der Waals surface area (Å²) in [5.74, 6) is 1.43. The van der Waals surface area contributed by atoms with E-state index in [1.807, 2.05) is 0 Å². The second-order valence-electron chi connectivity index (χ2n) is 6.72. The van der Waals surface area contributed by atoms with Gasteiger partial charge in [-0.1, -0.05) is 44.7 Å². The van der Waals surface area contributed by atoms with E-state index in [0.29, 0.717) is 17.8 Å². The number of benzene rings is 1. The quantitative estimate of drug-likeness (QED) is 0.719. The van der Waals surface area contributed by atoms with Crippen LogP contribution in [-0.4, -0.2) is 13.1 Å². The van der Waals surface area contributed by atoms with Crippen molar-refractivity contribution >= 4 is 11.6 Å². The highest BCUT2D eigenvalue weighted by Crippen LogP contribution is 2.39. The van der Waals surface area contributed by atoms with Gasteiger partial charge in [-0.05, 0) is 67.4 Å². The first-order chi connectivity index (χ1) is 10.1. The van der Waals surface area contributed by atoms with E-state index in [1.54, 1.807) is 12.1 Å². The van der Waals surface area contributed by atoms with Gasteiger partial charge in [-0.25, -0.2) is 4.39 Å². The van der Waals surface area contributed by atoms with E-state index in [0.717, 1.165) is 30.1 Å². The molecule has 1 aliphatic carbocycles. The molecule has 1 saturated carbocycles. The summed E-state index contributed by atoms with van der Waals surface area (Å²) in [4.78, 5) is 0. The molecular weight excluding hydrogens is 285 g/mol. The summed E-state index contributed by atoms with van der Waals surface area (Å²) < 4.78 is 13.6. The van der Waals surface area contributed by atoms with Crippen LogP contribution >= 0.6 is 11.6 Å². The van der Waals surface area contributed by atoms with E-state index >= 15 is 0 Å². The predicted octanol–water partition coefficient (Wildman–Crippen LogP) is 5.39. The van der Waals surface area contributed by atoms with Crippen molar-refractivity contribution in [1.82, 2.24) is 5.32 Å². The normalized spacial score (nSPS) is 23.3. The molecule has 1 N–H and O–H groups in total. The minimum atomic E-state index is -0.174. The van der Waals surface area contributed by atoms with Crippen LogP contribution in [0.1, 0.15) is 57.4 Å². The third kappa shape index (κ3) is 4.96. The van der Waals surface area contributed by atoms with E-state index in [9.17, 15) is 4.39 Å². The summed E-state index contributed by atoms with van der Waals surface area (Å²) in [6, 6.07) is 4.80. The predicted molar refractivity (Wildman–Crippen MR) is 88.4 cm³/mol. The molecule has 1 fully saturated rings. The zero-order chi connectivity index (χ0) is 15.2. The molecule has 0 radical (unpaired) electrons. The molecule has 118 valence electrons. The van der Waals surface area contributed by atoms with Crippen molar-refractivity contribution in [3.63, 3.8) is 0 Å². The number of hydrogen-bond acceptors (Lipinski definition) is 1. The van der Waals surface area contributed by atoms with Gasteiger partial charge in [-0.3, -0.25) is 0 Å². The van der Waals surface area contributed by atoms with Crippen molar-refractivity contribution < 1.29 is 4.39 Å². The molecule has 1 aromatic rings. The van der Waals surface area contributed by atoms with Gasteiger partial charge in [0.25, 0.3) is 0 Å². The largest absolute Gasteiger partial charge is 0.316 e. The van der Waals surface area contributed by atoms with Gasteiger partial charge in [0.05, 0.1) is 0 Å². The van der Waals surface area contributed by atoms with E-state index < -0.39 is 0 Å². The van der Waals surface area contributed by atoms with Crippen LogP contribution in [-0.2, 0) is 0 Å². The molecule has 2 unspecified atom stereocenters. The van der Waals surface area contributed by atoms with Crippen molar-refractivity contribution in [3.8, 4) is 0 Å². The SMILES string of the molecule is CC(C)CNCC1CCCCCC1c1cc(F)ccc1Cl. The van der Waals surface area contributed by atoms with E-state index in [4.69, 9.17) is 11.6 Å². The first-order valence-electron chi connectivity index (χ1n) is 8.23. The Hall–Kier alpha value is -0.600. The van der Waals surface area contributed by atoms with E-state index in [2.05, 4.69) is 19.2 Å². The molecule has 2 rings (SSSR count). The summed E-state index contributed by atoms with van der Waals surface area (Å²) in [5, 5.41) is 4.30. The average Bonchev–Trinajstić information content (AvgIpc) is 2.67. The number of hydrogen-bond donors (Lipinski definition) is 1. The zero-order valence-electron chi connectivity index (χ0n) is 13.2. The fourth-order valence-electron chi connectivity index (χ4n) is 3.39. The van der Waals surface area contributed by atoms with Gasteiger partial charge in [0.1, 0.15) is 5.82 Å². The molecular formula is C18H27ClFN. The summed E-state index contributed by atoms with van der Waals surface area (Å²) in [5.41, 5.74) is 1.01. The highest BCUT2D eigenvalue weighted by Gasteiger charge is 2.26. The fraction of sp³-hybridized carbons (Fsp3) is 0.667. The third-order valence-corrected chi connectivity index (χ3v) is 4.82. The second kappa shape index (κ2) is 8.14. The number of rotatable bonds is 5. The lowest BCUT2D eigenvalue weighted by atomic mass is 9.82. The Bertz CT molecular complexity index is 447. The highest BCUT2D eigenvalue weighted by atomic mass is 35.5. The number of halogens is 2. The smallest absolute Gasteiger partial charge is 0.123 e. The monoisotopic (exact) mass is 311 g/mol. The first-order valence-corrected chi connectivity index (χ1v) is 8.61. The van der Waals surface area contributed by atoms with E-state index in [1.165, 1.54) is 31.7 Å². The van der Waals surface area contributed by atoms with Crippen LogP contribution in [0.5, 0.6) is 0 Å². The zero-order valence-corrected chi connectivity index (χ0v) is 13.9. The molecule has 1 aromatic carbocycles. The lowest BCUT2D eigenvalue weighted by molar-refractivity contribution is 0.365. The molecule has 0 saturated heterocycles. The Morgan fingerprint density at radius 3 is 2.76 bits per heavy atom. The Kier molecular flexibility index (Phi) is 6.50. The summed E-state index contributed by atoms with van der Waals surface area (Å²) in [7, 11) is 0. The van der Waals surface area contributed by atoms with E-state index in [-0.39, 0.29) is 5.82 Å². The van der Waals surface area contributed by atoms with Crippen LogP contribution in [0, 0.1) is 17.7 Å².